The van der Waals surface area contributed by atoms with Crippen LogP contribution in [-0.2, 0) is 0 Å². The monoisotopic (exact) mass is 99.1 g/mol. The van der Waals surface area contributed by atoms with E-state index in [0.29, 0.717) is 8.12 Å². The van der Waals surface area contributed by atoms with Gasteiger partial charge in [0.15, 0.2) is 0 Å². The zero-order valence-corrected chi connectivity index (χ0v) is 4.19. The van der Waals surface area contributed by atoms with Crippen LogP contribution in [-0.4, -0.2) is 13.1 Å². The van der Waals surface area contributed by atoms with Gasteiger partial charge in [0.05, 0.1) is 0 Å². The zero-order valence-electron chi connectivity index (χ0n) is 4.19. The van der Waals surface area contributed by atoms with Crippen molar-refractivity contribution in [3.05, 3.63) is 24.5 Å². The molecule has 0 fully saturated rings. The van der Waals surface area contributed by atoms with Gasteiger partial charge in [-0.2, -0.15) is 0 Å². The van der Waals surface area contributed by atoms with Crippen molar-refractivity contribution in [2.75, 3.05) is 0 Å². The van der Waals surface area contributed by atoms with E-state index in [1.165, 1.54) is 0 Å². The summed E-state index contributed by atoms with van der Waals surface area (Å²) in [6.07, 6.45) is 3.75. The topological polar surface area (TPSA) is 15.8 Å². The van der Waals surface area contributed by atoms with Crippen molar-refractivity contribution < 1.29 is 4.32 Å². The molecule has 7 heavy (non-hydrogen) atoms. The van der Waals surface area contributed by atoms with E-state index in [1.54, 1.807) is 0 Å². The molecule has 0 aliphatic heterocycles. The lowest BCUT2D eigenvalue weighted by molar-refractivity contribution is 0.902. The molecule has 0 spiro atoms. The van der Waals surface area contributed by atoms with E-state index in [1.807, 2.05) is 24.5 Å². The first-order valence-corrected chi connectivity index (χ1v) is 1.96. The van der Waals surface area contributed by atoms with Crippen molar-refractivity contribution in [1.29, 1.82) is 0 Å². The Balaban J connectivity index is 0.000000162. The second kappa shape index (κ2) is 5.27. The maximum atomic E-state index is 9.50. The molecule has 0 amide bonds. The van der Waals surface area contributed by atoms with Gasteiger partial charge in [0, 0.05) is 12.4 Å². The Morgan fingerprint density at radius 2 is 1.57 bits per heavy atom. The van der Waals surface area contributed by atoms with Crippen molar-refractivity contribution in [2.45, 2.75) is 0 Å². The SMILES string of the molecule is BF.c1cc[nH]c1. The highest BCUT2D eigenvalue weighted by Gasteiger charge is 1.55. The number of hydrogen-bond acceptors (Lipinski definition) is 0. The molecule has 0 saturated carbocycles. The van der Waals surface area contributed by atoms with Gasteiger partial charge < -0.3 is 9.30 Å². The summed E-state index contributed by atoms with van der Waals surface area (Å²) in [5, 5.41) is 0. The second-order valence-corrected chi connectivity index (χ2v) is 0.885. The molecular weight excluding hydrogens is 91.9 g/mol. The van der Waals surface area contributed by atoms with Crippen LogP contribution >= 0.6 is 0 Å². The van der Waals surface area contributed by atoms with Crippen LogP contribution in [0.3, 0.4) is 0 Å². The van der Waals surface area contributed by atoms with Crippen LogP contribution in [0, 0.1) is 0 Å². The van der Waals surface area contributed by atoms with Gasteiger partial charge in [0.1, 0.15) is 0 Å². The summed E-state index contributed by atoms with van der Waals surface area (Å²) in [6.45, 7) is 0. The van der Waals surface area contributed by atoms with Crippen LogP contribution < -0.4 is 0 Å². The summed E-state index contributed by atoms with van der Waals surface area (Å²) >= 11 is 0. The van der Waals surface area contributed by atoms with Crippen molar-refractivity contribution in [1.82, 2.24) is 4.98 Å². The number of nitrogens with one attached hydrogen (secondary N) is 1. The van der Waals surface area contributed by atoms with Gasteiger partial charge in [-0.25, -0.2) is 0 Å². The predicted octanol–water partition coefficient (Wildman–Crippen LogP) is 0.519. The standard InChI is InChI=1S/C4H5N.BFH2/c1-2-4-5-3-1;1-2/h1-5H;1H2. The van der Waals surface area contributed by atoms with Gasteiger partial charge in [-0.15, -0.1) is 0 Å². The number of rotatable bonds is 0. The van der Waals surface area contributed by atoms with E-state index in [4.69, 9.17) is 0 Å². The minimum Gasteiger partial charge on any atom is -0.368 e. The van der Waals surface area contributed by atoms with Crippen molar-refractivity contribution >= 4 is 8.12 Å². The molecular formula is C4H7BFN. The van der Waals surface area contributed by atoms with E-state index in [-0.39, 0.29) is 0 Å². The Bertz CT molecular complexity index is 68.2. The normalized spacial score (nSPS) is 6.43. The minimum atomic E-state index is 0.500. The van der Waals surface area contributed by atoms with Crippen LogP contribution in [0.4, 0.5) is 4.32 Å². The summed E-state index contributed by atoms with van der Waals surface area (Å²) in [7, 11) is 0.500. The Morgan fingerprint density at radius 3 is 1.71 bits per heavy atom. The molecule has 3 heteroatoms. The molecule has 1 rings (SSSR count). The van der Waals surface area contributed by atoms with Gasteiger partial charge in [0.25, 0.3) is 0 Å². The molecule has 1 aromatic heterocycles. The molecule has 0 aliphatic carbocycles. The largest absolute Gasteiger partial charge is 0.368 e. The first-order chi connectivity index (χ1) is 3.50. The minimum absolute atomic E-state index is 0.500. The third-order valence-corrected chi connectivity index (χ3v) is 0.496. The lowest BCUT2D eigenvalue weighted by atomic mass is 10.7. The summed E-state index contributed by atoms with van der Waals surface area (Å²) in [6, 6.07) is 3.89. The number of aromatic amines is 1. The molecule has 1 nitrogen and oxygen atoms in total. The molecule has 0 bridgehead atoms. The number of halogens is 1. The fourth-order valence-electron chi connectivity index (χ4n) is 0.278. The van der Waals surface area contributed by atoms with E-state index >= 15 is 0 Å². The van der Waals surface area contributed by atoms with E-state index in [0.717, 1.165) is 0 Å². The van der Waals surface area contributed by atoms with E-state index in [9.17, 15) is 4.32 Å². The highest BCUT2D eigenvalue weighted by atomic mass is 19.1. The molecule has 1 N–H and O–H groups in total. The molecule has 0 atom stereocenters. The highest BCUT2D eigenvalue weighted by Crippen LogP contribution is 1.72. The van der Waals surface area contributed by atoms with Gasteiger partial charge in [0.2, 0.25) is 0 Å². The summed E-state index contributed by atoms with van der Waals surface area (Å²) in [4.78, 5) is 2.86. The molecule has 0 aromatic carbocycles. The summed E-state index contributed by atoms with van der Waals surface area (Å²) in [5.74, 6) is 0. The quantitative estimate of drug-likeness (QED) is 0.456. The Labute approximate surface area is 43.0 Å². The Morgan fingerprint density at radius 1 is 1.14 bits per heavy atom. The molecule has 1 heterocycles. The average molecular weight is 98.9 g/mol. The Hall–Kier alpha value is -0.725. The highest BCUT2D eigenvalue weighted by molar-refractivity contribution is 5.96. The zero-order chi connectivity index (χ0) is 5.54. The molecule has 38 valence electrons. The second-order valence-electron chi connectivity index (χ2n) is 0.885. The predicted molar refractivity (Wildman–Crippen MR) is 30.4 cm³/mol. The summed E-state index contributed by atoms with van der Waals surface area (Å²) < 4.78 is 9.50. The van der Waals surface area contributed by atoms with Crippen LogP contribution in [0.2, 0.25) is 0 Å². The third-order valence-electron chi connectivity index (χ3n) is 0.496. The first kappa shape index (κ1) is 6.27. The van der Waals surface area contributed by atoms with E-state index < -0.39 is 0 Å². The van der Waals surface area contributed by atoms with Gasteiger partial charge in [-0.05, 0) is 12.1 Å². The number of aromatic nitrogens is 1. The molecule has 0 aliphatic rings. The molecule has 0 saturated heterocycles. The smallest absolute Gasteiger partial charge is 0.314 e. The fraction of sp³-hybridized carbons (Fsp3) is 0. The van der Waals surface area contributed by atoms with Crippen LogP contribution in [0.1, 0.15) is 0 Å². The molecule has 0 unspecified atom stereocenters. The van der Waals surface area contributed by atoms with Crippen LogP contribution in [0.5, 0.6) is 0 Å². The van der Waals surface area contributed by atoms with E-state index in [2.05, 4.69) is 4.98 Å². The number of hydrogen-bond donors (Lipinski definition) is 1. The average Bonchev–Trinajstić information content (AvgIpc) is 2.23. The molecule has 0 radical (unpaired) electrons. The lowest BCUT2D eigenvalue weighted by Gasteiger charge is -1.49. The van der Waals surface area contributed by atoms with Gasteiger partial charge in [-0.1, -0.05) is 0 Å². The first-order valence-electron chi connectivity index (χ1n) is 1.96. The fourth-order valence-corrected chi connectivity index (χ4v) is 0.278. The number of H-pyrrole nitrogens is 1. The van der Waals surface area contributed by atoms with Crippen LogP contribution in [0.25, 0.3) is 0 Å². The van der Waals surface area contributed by atoms with Gasteiger partial charge >= 0.3 is 8.12 Å². The maximum absolute atomic E-state index is 9.50. The van der Waals surface area contributed by atoms with Crippen LogP contribution in [0.15, 0.2) is 24.5 Å². The van der Waals surface area contributed by atoms with Crippen molar-refractivity contribution in [3.63, 3.8) is 0 Å². The molecule has 1 aromatic rings. The van der Waals surface area contributed by atoms with Crippen molar-refractivity contribution in [2.24, 2.45) is 0 Å². The third kappa shape index (κ3) is 3.10. The Kier molecular flexibility index (Phi) is 4.73. The van der Waals surface area contributed by atoms with Gasteiger partial charge in [-0.3, -0.25) is 0 Å². The van der Waals surface area contributed by atoms with Crippen molar-refractivity contribution in [3.8, 4) is 0 Å². The maximum Gasteiger partial charge on any atom is 0.314 e. The lowest BCUT2D eigenvalue weighted by Crippen LogP contribution is -1.38. The summed E-state index contributed by atoms with van der Waals surface area (Å²) in [5.41, 5.74) is 0.